The van der Waals surface area contributed by atoms with Gasteiger partial charge in [-0.1, -0.05) is 37.4 Å². The van der Waals surface area contributed by atoms with Crippen LogP contribution in [0.5, 0.6) is 0 Å². The molecule has 0 radical (unpaired) electrons. The van der Waals surface area contributed by atoms with E-state index < -0.39 is 9.49 Å². The minimum absolute atomic E-state index is 0.0385. The van der Waals surface area contributed by atoms with Gasteiger partial charge < -0.3 is 21.3 Å². The first-order valence-corrected chi connectivity index (χ1v) is 15.5. The van der Waals surface area contributed by atoms with Crippen LogP contribution < -0.4 is 11.5 Å². The number of nitrogens with zero attached hydrogens (tertiary/aromatic N) is 2. The molecule has 0 saturated carbocycles. The van der Waals surface area contributed by atoms with Crippen LogP contribution in [0.3, 0.4) is 0 Å². The van der Waals surface area contributed by atoms with Crippen LogP contribution >= 0.6 is 23.5 Å². The molecule has 0 aromatic carbocycles. The number of hydrogen-bond donors (Lipinski definition) is 2. The lowest BCUT2D eigenvalue weighted by Gasteiger charge is -2.27. The van der Waals surface area contributed by atoms with E-state index >= 15 is 0 Å². The van der Waals surface area contributed by atoms with Gasteiger partial charge in [0.05, 0.1) is 0 Å². The number of nitrogens with two attached hydrogens (primary N) is 2. The summed E-state index contributed by atoms with van der Waals surface area (Å²) < 4.78 is -1.02. The molecule has 0 unspecified atom stereocenters. The Morgan fingerprint density at radius 1 is 0.550 bits per heavy atom. The molecule has 10 nitrogen and oxygen atoms in total. The van der Waals surface area contributed by atoms with E-state index in [1.807, 2.05) is 55.4 Å². The van der Waals surface area contributed by atoms with Gasteiger partial charge in [0.25, 0.3) is 0 Å². The van der Waals surface area contributed by atoms with Crippen LogP contribution in [0.15, 0.2) is 0 Å². The molecule has 234 valence electrons. The fourth-order valence-electron chi connectivity index (χ4n) is 3.10. The van der Waals surface area contributed by atoms with Crippen molar-refractivity contribution in [3.05, 3.63) is 0 Å². The van der Waals surface area contributed by atoms with Crippen molar-refractivity contribution in [1.82, 2.24) is 9.80 Å². The van der Waals surface area contributed by atoms with E-state index in [1.54, 1.807) is 23.6 Å². The van der Waals surface area contributed by atoms with Crippen molar-refractivity contribution in [2.75, 3.05) is 26.2 Å². The fourth-order valence-corrected chi connectivity index (χ4v) is 5.13. The maximum absolute atomic E-state index is 12.4. The quantitative estimate of drug-likeness (QED) is 0.281. The molecule has 12 heteroatoms. The topological polar surface area (TPSA) is 161 Å². The second-order valence-electron chi connectivity index (χ2n) is 10.1. The highest BCUT2D eigenvalue weighted by molar-refractivity contribution is 8.15. The summed E-state index contributed by atoms with van der Waals surface area (Å²) in [5.74, 6) is -0.414. The Labute approximate surface area is 250 Å². The molecule has 0 saturated heterocycles. The van der Waals surface area contributed by atoms with Crippen molar-refractivity contribution < 1.29 is 28.8 Å². The van der Waals surface area contributed by atoms with Gasteiger partial charge in [-0.05, 0) is 55.4 Å². The van der Waals surface area contributed by atoms with Gasteiger partial charge in [-0.3, -0.25) is 28.8 Å². The van der Waals surface area contributed by atoms with Gasteiger partial charge in [-0.2, -0.15) is 0 Å². The molecule has 0 aliphatic carbocycles. The van der Waals surface area contributed by atoms with Gasteiger partial charge in [-0.25, -0.2) is 0 Å². The molecule has 0 atom stereocenters. The third kappa shape index (κ3) is 23.8. The van der Waals surface area contributed by atoms with Crippen molar-refractivity contribution in [1.29, 1.82) is 0 Å². The smallest absolute Gasteiger partial charge is 0.223 e. The first-order chi connectivity index (χ1) is 18.3. The number of thioether (sulfide) groups is 2. The summed E-state index contributed by atoms with van der Waals surface area (Å²) in [5.41, 5.74) is 9.31. The van der Waals surface area contributed by atoms with Crippen molar-refractivity contribution in [3.8, 4) is 0 Å². The van der Waals surface area contributed by atoms with Crippen LogP contribution in [0, 0.1) is 0 Å². The number of rotatable bonds is 15. The van der Waals surface area contributed by atoms with Crippen molar-refractivity contribution >= 4 is 57.4 Å². The zero-order valence-electron chi connectivity index (χ0n) is 26.4. The first kappa shape index (κ1) is 42.4. The average molecular weight is 607 g/mol. The molecule has 0 aromatic rings. The second-order valence-corrected chi connectivity index (χ2v) is 13.6. The van der Waals surface area contributed by atoms with Crippen LogP contribution in [0.4, 0.5) is 0 Å². The maximum Gasteiger partial charge on any atom is 0.223 e. The monoisotopic (exact) mass is 606 g/mol. The van der Waals surface area contributed by atoms with Gasteiger partial charge in [0.15, 0.2) is 10.2 Å². The molecule has 0 aliphatic rings. The highest BCUT2D eigenvalue weighted by Gasteiger charge is 2.30. The van der Waals surface area contributed by atoms with Crippen LogP contribution in [0.2, 0.25) is 0 Å². The molecular weight excluding hydrogens is 552 g/mol. The average Bonchev–Trinajstić information content (AvgIpc) is 2.83. The number of hydrogen-bond acceptors (Lipinski definition) is 8. The fraction of sp³-hybridized carbons (Fsp3) is 0.786. The maximum atomic E-state index is 12.4. The van der Waals surface area contributed by atoms with E-state index in [-0.39, 0.29) is 59.5 Å². The van der Waals surface area contributed by atoms with Gasteiger partial charge in [0, 0.05) is 74.2 Å². The minimum atomic E-state index is -0.512. The van der Waals surface area contributed by atoms with E-state index in [0.717, 1.165) is 23.5 Å². The summed E-state index contributed by atoms with van der Waals surface area (Å²) in [4.78, 5) is 72.1. The third-order valence-corrected chi connectivity index (χ3v) is 7.65. The molecule has 0 aromatic heterocycles. The number of carbonyl (C=O) groups is 6. The van der Waals surface area contributed by atoms with Gasteiger partial charge in [0.1, 0.15) is 0 Å². The summed E-state index contributed by atoms with van der Waals surface area (Å²) in [5, 5.41) is -0.170. The molecule has 0 heterocycles. The Bertz CT molecular complexity index is 745. The Hall–Kier alpha value is -2.08. The van der Waals surface area contributed by atoms with Crippen molar-refractivity contribution in [2.24, 2.45) is 11.5 Å². The molecule has 0 spiro atoms. The van der Waals surface area contributed by atoms with E-state index in [4.69, 9.17) is 0 Å². The van der Waals surface area contributed by atoms with E-state index in [0.29, 0.717) is 39.0 Å². The summed E-state index contributed by atoms with van der Waals surface area (Å²) in [7, 11) is 0. The zero-order valence-corrected chi connectivity index (χ0v) is 28.0. The van der Waals surface area contributed by atoms with E-state index in [9.17, 15) is 28.8 Å². The standard InChI is InChI=1S/C22H40N2O4S2.2C3H7NO/c1-9-23(10-2)17(25)15-21(5,6)29-19(27)13-14-20(28)30-22(7,8)16-18(26)24(11-3)12-4;2*1-2-3(4)5/h9-16H2,1-8H3;2*2H2,1H3,(H2,4,5). The number of primary amides is 2. The first-order valence-electron chi connectivity index (χ1n) is 13.9. The highest BCUT2D eigenvalue weighted by atomic mass is 32.2. The van der Waals surface area contributed by atoms with Crippen LogP contribution in [-0.2, 0) is 28.8 Å². The number of amides is 4. The van der Waals surface area contributed by atoms with Gasteiger partial charge in [-0.15, -0.1) is 0 Å². The molecule has 40 heavy (non-hydrogen) atoms. The molecule has 0 rings (SSSR count). The summed E-state index contributed by atoms with van der Waals surface area (Å²) in [6.07, 6.45) is 1.74. The lowest BCUT2D eigenvalue weighted by molar-refractivity contribution is -0.132. The van der Waals surface area contributed by atoms with Gasteiger partial charge >= 0.3 is 0 Å². The number of carbonyl (C=O) groups excluding carboxylic acids is 6. The normalized spacial score (nSPS) is 10.8. The van der Waals surface area contributed by atoms with Crippen molar-refractivity contribution in [3.63, 3.8) is 0 Å². The van der Waals surface area contributed by atoms with Crippen LogP contribution in [0.25, 0.3) is 0 Å². The van der Waals surface area contributed by atoms with E-state index in [1.165, 1.54) is 0 Å². The Balaban J connectivity index is -0.00000116. The lowest BCUT2D eigenvalue weighted by Crippen LogP contribution is -2.35. The molecule has 0 fully saturated rings. The molecular formula is C28H54N4O6S2. The van der Waals surface area contributed by atoms with Gasteiger partial charge in [0.2, 0.25) is 23.6 Å². The summed E-state index contributed by atoms with van der Waals surface area (Å²) >= 11 is 2.28. The lowest BCUT2D eigenvalue weighted by atomic mass is 10.1. The van der Waals surface area contributed by atoms with Crippen molar-refractivity contribution in [2.45, 2.75) is 117 Å². The Morgan fingerprint density at radius 2 is 0.775 bits per heavy atom. The third-order valence-electron chi connectivity index (χ3n) is 5.40. The SMILES string of the molecule is CCC(N)=O.CCC(N)=O.CCN(CC)C(=O)CC(C)(C)SC(=O)CCC(=O)SC(C)(C)CC(=O)N(CC)CC. The molecule has 0 aliphatic heterocycles. The predicted octanol–water partition coefficient (Wildman–Crippen LogP) is 4.12. The Morgan fingerprint density at radius 3 is 0.950 bits per heavy atom. The Kier molecular flexibility index (Phi) is 23.9. The summed E-state index contributed by atoms with van der Waals surface area (Å²) in [6.45, 7) is 21.4. The predicted molar refractivity (Wildman–Crippen MR) is 167 cm³/mol. The zero-order chi connectivity index (χ0) is 32.1. The largest absolute Gasteiger partial charge is 0.370 e. The molecule has 0 bridgehead atoms. The summed E-state index contributed by atoms with van der Waals surface area (Å²) in [6, 6.07) is 0. The minimum Gasteiger partial charge on any atom is -0.370 e. The van der Waals surface area contributed by atoms with Crippen LogP contribution in [-0.4, -0.2) is 79.3 Å². The highest BCUT2D eigenvalue weighted by Crippen LogP contribution is 2.33. The molecule has 4 amide bonds. The van der Waals surface area contributed by atoms with Crippen LogP contribution in [0.1, 0.15) is 108 Å². The second kappa shape index (κ2) is 22.6. The van der Waals surface area contributed by atoms with E-state index in [2.05, 4.69) is 11.5 Å². The molecule has 4 N–H and O–H groups in total.